The van der Waals surface area contributed by atoms with Crippen LogP contribution in [0.25, 0.3) is 0 Å². The Balaban J connectivity index is 1.34. The number of rotatable bonds is 15. The van der Waals surface area contributed by atoms with Crippen LogP contribution in [0.3, 0.4) is 0 Å². The maximum Gasteiger partial charge on any atom is 0.217 e. The third-order valence-electron chi connectivity index (χ3n) is 11.4. The van der Waals surface area contributed by atoms with Crippen LogP contribution >= 0.6 is 0 Å². The van der Waals surface area contributed by atoms with Crippen molar-refractivity contribution in [1.82, 2.24) is 5.32 Å². The molecule has 354 valence electrons. The van der Waals surface area contributed by atoms with Gasteiger partial charge in [-0.3, -0.25) is 4.79 Å². The summed E-state index contributed by atoms with van der Waals surface area (Å²) in [7, 11) is 1.24. The number of carbonyl (C=O) groups excluding carboxylic acids is 2. The largest absolute Gasteiger partial charge is 0.394 e. The number of methoxy groups -OCH3 is 1. The first-order valence-electron chi connectivity index (χ1n) is 19.9. The van der Waals surface area contributed by atoms with Crippen molar-refractivity contribution in [3.05, 3.63) is 0 Å². The van der Waals surface area contributed by atoms with Crippen LogP contribution in [0.15, 0.2) is 0 Å². The lowest BCUT2D eigenvalue weighted by Gasteiger charge is -2.50. The number of ether oxygens (including phenoxy) is 11. The van der Waals surface area contributed by atoms with Gasteiger partial charge in [0.25, 0.3) is 0 Å². The zero-order valence-corrected chi connectivity index (χ0v) is 34.2. The molecule has 5 heterocycles. The van der Waals surface area contributed by atoms with Crippen LogP contribution in [-0.4, -0.2) is 248 Å². The highest BCUT2D eigenvalue weighted by atomic mass is 16.8. The van der Waals surface area contributed by atoms with E-state index in [1.54, 1.807) is 0 Å². The molecule has 5 saturated heterocycles. The van der Waals surface area contributed by atoms with Crippen LogP contribution < -0.4 is 5.32 Å². The van der Waals surface area contributed by atoms with Crippen LogP contribution in [0.4, 0.5) is 0 Å². The highest BCUT2D eigenvalue weighted by Crippen LogP contribution is 2.36. The lowest BCUT2D eigenvalue weighted by molar-refractivity contribution is -0.393. The first-order chi connectivity index (χ1) is 28.8. The third kappa shape index (κ3) is 10.9. The molecule has 5 rings (SSSR count). The summed E-state index contributed by atoms with van der Waals surface area (Å²) >= 11 is 0. The summed E-state index contributed by atoms with van der Waals surface area (Å²) in [5, 5.41) is 122. The van der Waals surface area contributed by atoms with Gasteiger partial charge in [-0.25, -0.2) is 0 Å². The molecule has 0 spiro atoms. The van der Waals surface area contributed by atoms with E-state index in [1.807, 2.05) is 0 Å². The Labute approximate surface area is 349 Å². The minimum atomic E-state index is -1.97. The SMILES string of the molecule is CO[C@H]1[C@H](O)[C@@H](NC(C)=O)[C@H](O[C@@H]2[C@@H](O[C@@H]3[C@H](O)[C@@H](O[C@@H]4[C@H](O)[C@@H](O[C@@H]5[C@H](O)[C@@H](OC(C=O)CO)O[C@H](C)[C@H]5O)O[C@H](C)[C@H]4O)O[C@H](C)[C@H]3O)O[C@H](C)[C@@H](O)[C@@H]2O)O[C@@H]1CO. The van der Waals surface area contributed by atoms with Gasteiger partial charge in [0, 0.05) is 14.0 Å². The van der Waals surface area contributed by atoms with Crippen molar-refractivity contribution in [2.75, 3.05) is 20.3 Å². The maximum atomic E-state index is 12.1. The molecule has 5 aliphatic rings. The summed E-state index contributed by atoms with van der Waals surface area (Å²) in [4.78, 5) is 23.4. The molecule has 0 aliphatic carbocycles. The van der Waals surface area contributed by atoms with E-state index in [1.165, 1.54) is 34.8 Å². The van der Waals surface area contributed by atoms with Crippen LogP contribution in [0.5, 0.6) is 0 Å². The Morgan fingerprint density at radius 1 is 0.557 bits per heavy atom. The lowest BCUT2D eigenvalue weighted by Crippen LogP contribution is -2.68. The average Bonchev–Trinajstić information content (AvgIpc) is 3.22. The third-order valence-corrected chi connectivity index (χ3v) is 11.4. The normalized spacial score (nSPS) is 50.1. The monoisotopic (exact) mass is 891 g/mol. The minimum absolute atomic E-state index is 0.272. The van der Waals surface area contributed by atoms with Gasteiger partial charge in [0.1, 0.15) is 104 Å². The van der Waals surface area contributed by atoms with Crippen molar-refractivity contribution in [3.8, 4) is 0 Å². The highest BCUT2D eigenvalue weighted by Gasteiger charge is 2.56. The predicted molar refractivity (Wildman–Crippen MR) is 193 cm³/mol. The van der Waals surface area contributed by atoms with E-state index >= 15 is 0 Å². The fraction of sp³-hybridized carbons (Fsp3) is 0.944. The van der Waals surface area contributed by atoms with E-state index in [-0.39, 0.29) is 6.29 Å². The quantitative estimate of drug-likeness (QED) is 0.0680. The molecule has 61 heavy (non-hydrogen) atoms. The fourth-order valence-corrected chi connectivity index (χ4v) is 7.84. The number of aliphatic hydroxyl groups excluding tert-OH is 11. The Hall–Kier alpha value is -1.74. The van der Waals surface area contributed by atoms with Gasteiger partial charge in [0.15, 0.2) is 37.7 Å². The first-order valence-corrected chi connectivity index (χ1v) is 19.9. The fourth-order valence-electron chi connectivity index (χ4n) is 7.84. The van der Waals surface area contributed by atoms with Crippen LogP contribution in [0, 0.1) is 0 Å². The topological polar surface area (TPSA) is 370 Å². The molecular weight excluding hydrogens is 830 g/mol. The van der Waals surface area contributed by atoms with Crippen LogP contribution in [-0.2, 0) is 61.7 Å². The van der Waals surface area contributed by atoms with E-state index < -0.39 is 179 Å². The van der Waals surface area contributed by atoms with Gasteiger partial charge in [-0.1, -0.05) is 0 Å². The summed E-state index contributed by atoms with van der Waals surface area (Å²) < 4.78 is 62.9. The van der Waals surface area contributed by atoms with Gasteiger partial charge < -0.3 is 118 Å². The molecule has 26 atom stereocenters. The van der Waals surface area contributed by atoms with Crippen molar-refractivity contribution in [2.24, 2.45) is 0 Å². The molecule has 0 aromatic rings. The van der Waals surface area contributed by atoms with Crippen molar-refractivity contribution in [3.63, 3.8) is 0 Å². The molecule has 0 saturated carbocycles. The summed E-state index contributed by atoms with van der Waals surface area (Å²) in [6, 6.07) is -1.36. The van der Waals surface area contributed by atoms with Crippen molar-refractivity contribution in [2.45, 2.75) is 194 Å². The standard InChI is InChI=1S/C36H61NO24/c1-10-18(42)23(47)31(61-32-17(37-14(5)41)22(46)27(51-6)16(9-40)57-32)36(55-10)60-30-21(45)13(4)54-35(26(30)50)59-29-20(44)12(3)53-34(25(29)49)58-28-19(43)11(2)52-33(24(28)48)56-15(7-38)8-39/h7,10-13,15-36,39-40,42-50H,8-9H2,1-6H3,(H,37,41)/t10-,11-,12-,13-,15?,16-,17-,18-,19-,20-,21-,22-,23+,24+,25+,26+,27-,28+,29+,30+,31+,32+,33-,34-,35-,36-/m1/s1. The molecule has 0 bridgehead atoms. The van der Waals surface area contributed by atoms with E-state index in [9.17, 15) is 65.8 Å². The van der Waals surface area contributed by atoms with Gasteiger partial charge in [-0.2, -0.15) is 0 Å². The molecule has 25 heteroatoms. The van der Waals surface area contributed by atoms with Crippen molar-refractivity contribution >= 4 is 12.2 Å². The van der Waals surface area contributed by atoms with Gasteiger partial charge in [-0.15, -0.1) is 0 Å². The van der Waals surface area contributed by atoms with E-state index in [2.05, 4.69) is 5.32 Å². The second-order valence-corrected chi connectivity index (χ2v) is 15.8. The Bertz CT molecular complexity index is 1400. The number of hydrogen-bond donors (Lipinski definition) is 12. The second-order valence-electron chi connectivity index (χ2n) is 15.8. The summed E-state index contributed by atoms with van der Waals surface area (Å²) in [5.41, 5.74) is 0. The number of aldehydes is 1. The minimum Gasteiger partial charge on any atom is -0.394 e. The molecule has 12 N–H and O–H groups in total. The van der Waals surface area contributed by atoms with Crippen LogP contribution in [0.1, 0.15) is 34.6 Å². The van der Waals surface area contributed by atoms with Crippen molar-refractivity contribution < 1.29 is 118 Å². The maximum absolute atomic E-state index is 12.1. The summed E-state index contributed by atoms with van der Waals surface area (Å²) in [5.74, 6) is -0.624. The molecular formula is C36H61NO24. The molecule has 0 radical (unpaired) electrons. The highest BCUT2D eigenvalue weighted by molar-refractivity contribution is 5.73. The summed E-state index contributed by atoms with van der Waals surface area (Å²) in [6.07, 6.45) is -38.8. The lowest BCUT2D eigenvalue weighted by atomic mass is 9.95. The molecule has 25 nitrogen and oxygen atoms in total. The number of nitrogens with one attached hydrogen (secondary N) is 1. The first kappa shape index (κ1) is 50.3. The predicted octanol–water partition coefficient (Wildman–Crippen LogP) is -7.43. The molecule has 1 amide bonds. The van der Waals surface area contributed by atoms with E-state index in [4.69, 9.17) is 52.1 Å². The molecule has 0 aromatic heterocycles. The number of aliphatic hydroxyl groups is 11. The van der Waals surface area contributed by atoms with Gasteiger partial charge >= 0.3 is 0 Å². The molecule has 1 unspecified atom stereocenters. The molecule has 5 fully saturated rings. The number of amides is 1. The molecule has 5 aliphatic heterocycles. The number of carbonyl (C=O) groups is 2. The Kier molecular flexibility index (Phi) is 17.7. The second kappa shape index (κ2) is 21.5. The zero-order chi connectivity index (χ0) is 45.2. The Morgan fingerprint density at radius 3 is 1.43 bits per heavy atom. The zero-order valence-electron chi connectivity index (χ0n) is 34.2. The van der Waals surface area contributed by atoms with Crippen molar-refractivity contribution in [1.29, 1.82) is 0 Å². The average molecular weight is 892 g/mol. The van der Waals surface area contributed by atoms with Crippen LogP contribution in [0.2, 0.25) is 0 Å². The van der Waals surface area contributed by atoms with E-state index in [0.29, 0.717) is 0 Å². The van der Waals surface area contributed by atoms with Gasteiger partial charge in [0.2, 0.25) is 5.91 Å². The Morgan fingerprint density at radius 2 is 0.984 bits per heavy atom. The molecule has 0 aromatic carbocycles. The summed E-state index contributed by atoms with van der Waals surface area (Å²) in [6.45, 7) is 5.28. The van der Waals surface area contributed by atoms with Gasteiger partial charge in [-0.05, 0) is 27.7 Å². The van der Waals surface area contributed by atoms with E-state index in [0.717, 1.165) is 6.92 Å². The smallest absolute Gasteiger partial charge is 0.217 e. The van der Waals surface area contributed by atoms with Gasteiger partial charge in [0.05, 0.1) is 37.6 Å². The number of hydrogen-bond acceptors (Lipinski definition) is 24.